The predicted molar refractivity (Wildman–Crippen MR) is 643 cm³/mol. The second kappa shape index (κ2) is 55.4. The second-order valence-corrected chi connectivity index (χ2v) is 79.3. The zero-order valence-electron chi connectivity index (χ0n) is 92.8. The van der Waals surface area contributed by atoms with Gasteiger partial charge in [0.25, 0.3) is 0 Å². The number of halogens is 8. The monoisotopic (exact) mass is 2210 g/mol. The van der Waals surface area contributed by atoms with E-state index in [4.69, 9.17) is 111 Å². The number of benzene rings is 8. The molecule has 0 heterocycles. The molecule has 0 spiro atoms. The van der Waals surface area contributed by atoms with Crippen molar-refractivity contribution in [1.82, 2.24) is 21.3 Å². The molecule has 0 saturated heterocycles. The molecule has 0 saturated carbocycles. The molecular weight excluding hydrogens is 2040 g/mol. The molecule has 8 aromatic rings. The fourth-order valence-corrected chi connectivity index (χ4v) is 28.5. The maximum Gasteiger partial charge on any atom is 0.193 e. The first-order valence-electron chi connectivity index (χ1n) is 50.7. The van der Waals surface area contributed by atoms with Crippen molar-refractivity contribution in [1.29, 1.82) is 0 Å². The Balaban J connectivity index is 0.000000329. The van der Waals surface area contributed by atoms with E-state index in [0.717, 1.165) is 88.1 Å². The number of nitrogens with one attached hydrogen (secondary N) is 4. The highest BCUT2D eigenvalue weighted by molar-refractivity contribution is 8.02. The molecule has 0 amide bonds. The molecule has 16 atom stereocenters. The number of rotatable bonds is 40. The van der Waals surface area contributed by atoms with Crippen molar-refractivity contribution < 1.29 is 17.7 Å². The number of hydrogen-bond acceptors (Lipinski definition) is 12. The van der Waals surface area contributed by atoms with Crippen LogP contribution in [0.5, 0.6) is 0 Å². The Kier molecular flexibility index (Phi) is 50.8. The van der Waals surface area contributed by atoms with Gasteiger partial charge in [-0.1, -0.05) is 411 Å². The first-order valence-corrected chi connectivity index (χ1v) is 68.8. The van der Waals surface area contributed by atoms with E-state index < -0.39 is 33.3 Å². The molecule has 0 aliphatic rings. The van der Waals surface area contributed by atoms with E-state index in [1.54, 1.807) is 0 Å². The minimum Gasteiger partial charge on any atom is -0.408 e. The van der Waals surface area contributed by atoms with Crippen LogP contribution in [0, 0.1) is 0 Å². The van der Waals surface area contributed by atoms with Crippen LogP contribution in [0.15, 0.2) is 194 Å². The molecule has 0 radical (unpaired) electrons. The molecule has 8 aromatic carbocycles. The van der Waals surface area contributed by atoms with Gasteiger partial charge >= 0.3 is 0 Å². The lowest BCUT2D eigenvalue weighted by molar-refractivity contribution is 0.129. The summed E-state index contributed by atoms with van der Waals surface area (Å²) in [5, 5.41) is 24.1. The molecule has 0 fully saturated rings. The Morgan fingerprint density at radius 2 is 0.379 bits per heavy atom. The lowest BCUT2D eigenvalue weighted by Gasteiger charge is -2.43. The highest BCUT2D eigenvalue weighted by atomic mass is 35.5. The van der Waals surface area contributed by atoms with Crippen LogP contribution in [0.25, 0.3) is 0 Å². The van der Waals surface area contributed by atoms with Crippen LogP contribution >= 0.6 is 140 Å². The summed E-state index contributed by atoms with van der Waals surface area (Å²) >= 11 is 59.2. The van der Waals surface area contributed by atoms with Gasteiger partial charge in [0.15, 0.2) is 33.3 Å². The Hall–Kier alpha value is -1.97. The Labute approximate surface area is 914 Å². The molecule has 0 aliphatic carbocycles. The molecule has 8 rings (SSSR count). The molecule has 0 unspecified atom stereocenters. The zero-order chi connectivity index (χ0) is 106. The smallest absolute Gasteiger partial charge is 0.193 e. The van der Waals surface area contributed by atoms with Crippen LogP contribution in [0.4, 0.5) is 0 Å². The van der Waals surface area contributed by atoms with Crippen molar-refractivity contribution in [3.8, 4) is 0 Å². The third-order valence-corrected chi connectivity index (χ3v) is 52.9. The number of thioether (sulfide) groups is 4. The third-order valence-electron chi connectivity index (χ3n) is 27.5. The van der Waals surface area contributed by atoms with Crippen molar-refractivity contribution in [3.05, 3.63) is 279 Å². The summed E-state index contributed by atoms with van der Waals surface area (Å²) < 4.78 is 29.5. The van der Waals surface area contributed by atoms with Crippen LogP contribution in [-0.2, 0) is 17.7 Å². The zero-order valence-corrected chi connectivity index (χ0v) is 106. The van der Waals surface area contributed by atoms with Crippen LogP contribution in [-0.4, -0.2) is 97.4 Å². The summed E-state index contributed by atoms with van der Waals surface area (Å²) in [4.78, 5) is 0. The molecule has 784 valence electrons. The fraction of sp³-hybridized carbons (Fsp3) is 0.586. The van der Waals surface area contributed by atoms with E-state index >= 15 is 0 Å². The summed E-state index contributed by atoms with van der Waals surface area (Å²) in [6, 6.07) is 66.4. The summed E-state index contributed by atoms with van der Waals surface area (Å²) in [6.07, 6.45) is 3.36. The quantitative estimate of drug-likeness (QED) is 0.0276. The highest BCUT2D eigenvalue weighted by Gasteiger charge is 2.48. The van der Waals surface area contributed by atoms with Gasteiger partial charge in [0.1, 0.15) is 0 Å². The molecule has 140 heavy (non-hydrogen) atoms. The van der Waals surface area contributed by atoms with E-state index in [9.17, 15) is 0 Å². The van der Waals surface area contributed by atoms with Crippen molar-refractivity contribution in [3.63, 3.8) is 0 Å². The van der Waals surface area contributed by atoms with Gasteiger partial charge in [-0.2, -0.15) is 47.0 Å². The average Bonchev–Trinajstić information content (AvgIpc) is 0.796. The van der Waals surface area contributed by atoms with Crippen LogP contribution in [0.2, 0.25) is 113 Å². The van der Waals surface area contributed by atoms with E-state index in [0.29, 0.717) is 45.2 Å². The van der Waals surface area contributed by atoms with Crippen molar-refractivity contribution in [2.75, 3.05) is 0 Å². The maximum atomic E-state index is 7.19. The topological polar surface area (TPSA) is 85.0 Å². The van der Waals surface area contributed by atoms with Gasteiger partial charge in [-0.3, -0.25) is 0 Å². The maximum absolute atomic E-state index is 7.19. The Bertz CT molecular complexity index is 4370. The summed E-state index contributed by atoms with van der Waals surface area (Å²) in [6.45, 7) is 91.8. The second-order valence-electron chi connectivity index (χ2n) is 48.0. The molecule has 0 aliphatic heterocycles. The fourth-order valence-electron chi connectivity index (χ4n) is 16.0. The number of hydrogen-bond donors (Lipinski definition) is 4. The Morgan fingerprint density at radius 3 is 0.500 bits per heavy atom. The predicted octanol–water partition coefficient (Wildman–Crippen LogP) is 40.3. The first kappa shape index (κ1) is 128. The summed E-state index contributed by atoms with van der Waals surface area (Å²) in [5.41, 5.74) is 9.07. The van der Waals surface area contributed by atoms with Gasteiger partial charge in [-0.25, -0.2) is 0 Å². The molecule has 4 N–H and O–H groups in total. The highest BCUT2D eigenvalue weighted by Crippen LogP contribution is 2.52. The van der Waals surface area contributed by atoms with Crippen LogP contribution < -0.4 is 21.3 Å². The molecule has 8 nitrogen and oxygen atoms in total. The summed E-state index contributed by atoms with van der Waals surface area (Å²) in [7, 11) is -8.46. The first-order chi connectivity index (χ1) is 64.1. The third kappa shape index (κ3) is 42.3. The van der Waals surface area contributed by atoms with Crippen molar-refractivity contribution >= 4 is 173 Å². The molecule has 0 aromatic heterocycles. The minimum absolute atomic E-state index is 0.0483. The van der Waals surface area contributed by atoms with Crippen molar-refractivity contribution in [2.45, 2.75) is 433 Å². The van der Waals surface area contributed by atoms with E-state index in [-0.39, 0.29) is 87.7 Å². The minimum atomic E-state index is -2.12. The van der Waals surface area contributed by atoms with Gasteiger partial charge in [-0.05, 0) is 240 Å². The lowest BCUT2D eigenvalue weighted by Crippen LogP contribution is -2.47. The largest absolute Gasteiger partial charge is 0.408 e. The SMILES string of the molecule is CC[C@@H](N[C@H](c1ccc(Cl)cc1)[C@H](O[Si](C)(C)C(C)(C)C)c1cccc(Cl)c1)[C@@H](C)SC(C)(C)C.CC[C@@H](N[C@H](c1ccc(Cl)cc1)[C@H](O[Si](C)(C)C(C)(C)C)c1cccc(Cl)c1)[C@H](C)SC(C)(C)C.CC[C@H](N[C@H](c1ccc(Cl)cc1)[C@H](O[Si](C)(C)C(C)(C)C)c1cccc(Cl)c1)[C@@H](C)SC(C)(C)C.CC[C@H](N[C@H](c1ccc(Cl)cc1)[C@H](O[Si](C)(C)C(C)(C)C)c1cccc(Cl)c1)[C@H](C)SC(C)(C)C. The summed E-state index contributed by atoms with van der Waals surface area (Å²) in [5.74, 6) is 0. The van der Waals surface area contributed by atoms with Crippen LogP contribution in [0.3, 0.4) is 0 Å². The molecule has 0 bridgehead atoms. The Morgan fingerprint density at radius 1 is 0.229 bits per heavy atom. The molecular formula is C116H180Cl8N4O4S4Si4. The standard InChI is InChI=1S/4C29H45Cl2NOSSi/c4*1-11-25(20(2)34-28(3,4)5)32-26(21-15-17-23(30)18-16-21)27(22-13-12-14-24(31)19-22)33-35(9,10)29(6,7)8/h4*12-20,25-27,32H,11H2,1-10H3/t20-,25+,26+,27+;20-,25+,26-,27-;20-,25-,26+,27+;20-,25-,26-,27-/m0101/s1. The average molecular weight is 2220 g/mol. The van der Waals surface area contributed by atoms with Gasteiger partial charge < -0.3 is 39.0 Å². The van der Waals surface area contributed by atoms with Crippen LogP contribution in [0.1, 0.15) is 340 Å². The molecule has 24 heteroatoms. The normalized spacial score (nSPS) is 16.6. The lowest BCUT2D eigenvalue weighted by atomic mass is 9.94. The van der Waals surface area contributed by atoms with Gasteiger partial charge in [0.05, 0.1) is 48.6 Å². The van der Waals surface area contributed by atoms with E-state index in [2.05, 4.69) is 392 Å². The van der Waals surface area contributed by atoms with Gasteiger partial charge in [-0.15, -0.1) is 0 Å². The van der Waals surface area contributed by atoms with Gasteiger partial charge in [0, 0.05) is 104 Å². The van der Waals surface area contributed by atoms with Crippen molar-refractivity contribution in [2.24, 2.45) is 0 Å². The van der Waals surface area contributed by atoms with E-state index in [1.165, 1.54) is 22.3 Å². The van der Waals surface area contributed by atoms with Gasteiger partial charge in [0.2, 0.25) is 0 Å². The van der Waals surface area contributed by atoms with E-state index in [1.807, 2.05) is 144 Å².